The van der Waals surface area contributed by atoms with E-state index in [9.17, 15) is 9.59 Å². The summed E-state index contributed by atoms with van der Waals surface area (Å²) in [6.45, 7) is 2.85. The van der Waals surface area contributed by atoms with Gasteiger partial charge in [-0.05, 0) is 26.0 Å². The summed E-state index contributed by atoms with van der Waals surface area (Å²) in [5.74, 6) is -1.05. The number of anilines is 1. The Morgan fingerprint density at radius 1 is 1.17 bits per heavy atom. The van der Waals surface area contributed by atoms with Gasteiger partial charge in [-0.2, -0.15) is 0 Å². The number of methoxy groups -OCH3 is 1. The van der Waals surface area contributed by atoms with E-state index in [1.54, 1.807) is 24.3 Å². The molecule has 1 aromatic carbocycles. The van der Waals surface area contributed by atoms with Gasteiger partial charge in [-0.1, -0.05) is 12.1 Å². The minimum atomic E-state index is -1.11. The van der Waals surface area contributed by atoms with Crippen LogP contribution in [-0.2, 0) is 9.59 Å². The number of amides is 1. The standard InChI is InChI=1S/C13H15NO4/c1-8(9(2)13(16)17)12(15)14-10-6-4-5-7-11(10)18-3/h4-7H,1-3H3,(H,14,15)(H,16,17)/b9-8-. The van der Waals surface area contributed by atoms with Gasteiger partial charge in [0.2, 0.25) is 0 Å². The lowest BCUT2D eigenvalue weighted by molar-refractivity contribution is -0.133. The number of hydrogen-bond donors (Lipinski definition) is 2. The Morgan fingerprint density at radius 2 is 1.78 bits per heavy atom. The highest BCUT2D eigenvalue weighted by Crippen LogP contribution is 2.23. The van der Waals surface area contributed by atoms with Gasteiger partial charge < -0.3 is 15.2 Å². The number of para-hydroxylation sites is 2. The van der Waals surface area contributed by atoms with Crippen molar-refractivity contribution in [2.24, 2.45) is 0 Å². The van der Waals surface area contributed by atoms with E-state index >= 15 is 0 Å². The average molecular weight is 249 g/mol. The SMILES string of the molecule is COc1ccccc1NC(=O)/C(C)=C(/C)C(=O)O. The molecule has 0 saturated carbocycles. The van der Waals surface area contributed by atoms with E-state index in [2.05, 4.69) is 5.32 Å². The molecule has 1 rings (SSSR count). The van der Waals surface area contributed by atoms with Crippen LogP contribution in [0.2, 0.25) is 0 Å². The Morgan fingerprint density at radius 3 is 2.33 bits per heavy atom. The van der Waals surface area contributed by atoms with E-state index in [1.165, 1.54) is 21.0 Å². The van der Waals surface area contributed by atoms with Crippen molar-refractivity contribution in [2.75, 3.05) is 12.4 Å². The van der Waals surface area contributed by atoms with Crippen LogP contribution in [0.25, 0.3) is 0 Å². The Kier molecular flexibility index (Phi) is 4.48. The van der Waals surface area contributed by atoms with Gasteiger partial charge in [-0.3, -0.25) is 4.79 Å². The lowest BCUT2D eigenvalue weighted by Crippen LogP contribution is -2.16. The normalized spacial score (nSPS) is 11.5. The van der Waals surface area contributed by atoms with E-state index in [-0.39, 0.29) is 11.1 Å². The molecule has 0 spiro atoms. The van der Waals surface area contributed by atoms with Gasteiger partial charge in [0.15, 0.2) is 0 Å². The van der Waals surface area contributed by atoms with E-state index in [4.69, 9.17) is 9.84 Å². The third-order valence-electron chi connectivity index (χ3n) is 2.58. The Bertz CT molecular complexity index is 505. The first-order valence-electron chi connectivity index (χ1n) is 5.32. The molecule has 0 bridgehead atoms. The number of ether oxygens (including phenoxy) is 1. The summed E-state index contributed by atoms with van der Waals surface area (Å²) in [5, 5.41) is 11.4. The number of carbonyl (C=O) groups excluding carboxylic acids is 1. The molecular weight excluding hydrogens is 234 g/mol. The van der Waals surface area contributed by atoms with Gasteiger partial charge in [-0.15, -0.1) is 0 Å². The molecule has 2 N–H and O–H groups in total. The molecule has 0 atom stereocenters. The third kappa shape index (κ3) is 3.10. The zero-order valence-corrected chi connectivity index (χ0v) is 10.5. The van der Waals surface area contributed by atoms with Crippen molar-refractivity contribution in [1.82, 2.24) is 0 Å². The van der Waals surface area contributed by atoms with E-state index in [1.807, 2.05) is 0 Å². The lowest BCUT2D eigenvalue weighted by Gasteiger charge is -2.10. The van der Waals surface area contributed by atoms with Crippen LogP contribution in [0, 0.1) is 0 Å². The van der Waals surface area contributed by atoms with Crippen molar-refractivity contribution >= 4 is 17.6 Å². The summed E-state index contributed by atoms with van der Waals surface area (Å²) in [7, 11) is 1.50. The molecule has 0 fully saturated rings. The summed E-state index contributed by atoms with van der Waals surface area (Å²) < 4.78 is 5.09. The number of nitrogens with one attached hydrogen (secondary N) is 1. The summed E-state index contributed by atoms with van der Waals surface area (Å²) >= 11 is 0. The van der Waals surface area contributed by atoms with Crippen LogP contribution in [0.1, 0.15) is 13.8 Å². The molecule has 0 saturated heterocycles. The molecule has 0 aliphatic heterocycles. The van der Waals surface area contributed by atoms with Crippen LogP contribution >= 0.6 is 0 Å². The first kappa shape index (κ1) is 13.8. The van der Waals surface area contributed by atoms with Crippen molar-refractivity contribution in [1.29, 1.82) is 0 Å². The second-order valence-corrected chi connectivity index (χ2v) is 3.71. The maximum atomic E-state index is 11.8. The first-order valence-corrected chi connectivity index (χ1v) is 5.32. The Labute approximate surface area is 105 Å². The highest BCUT2D eigenvalue weighted by atomic mass is 16.5. The molecule has 0 aliphatic carbocycles. The molecule has 0 radical (unpaired) electrons. The predicted molar refractivity (Wildman–Crippen MR) is 67.6 cm³/mol. The predicted octanol–water partition coefficient (Wildman–Crippen LogP) is 2.05. The number of carboxylic acids is 1. The number of aliphatic carboxylic acids is 1. The fourth-order valence-corrected chi connectivity index (χ4v) is 1.29. The van der Waals surface area contributed by atoms with Crippen LogP contribution in [0.3, 0.4) is 0 Å². The average Bonchev–Trinajstić information content (AvgIpc) is 2.37. The van der Waals surface area contributed by atoms with Gasteiger partial charge in [0.25, 0.3) is 5.91 Å². The number of carbonyl (C=O) groups is 2. The van der Waals surface area contributed by atoms with Crippen molar-refractivity contribution in [3.05, 3.63) is 35.4 Å². The highest BCUT2D eigenvalue weighted by molar-refractivity contribution is 6.08. The summed E-state index contributed by atoms with van der Waals surface area (Å²) in [5.41, 5.74) is 0.679. The van der Waals surface area contributed by atoms with E-state index in [0.29, 0.717) is 11.4 Å². The smallest absolute Gasteiger partial charge is 0.331 e. The summed E-state index contributed by atoms with van der Waals surface area (Å²) in [6, 6.07) is 6.92. The molecule has 0 aliphatic rings. The molecule has 1 aromatic rings. The number of hydrogen-bond acceptors (Lipinski definition) is 3. The molecule has 0 aromatic heterocycles. The van der Waals surface area contributed by atoms with Crippen LogP contribution in [0.15, 0.2) is 35.4 Å². The molecular formula is C13H15NO4. The molecule has 0 unspecified atom stereocenters. The largest absolute Gasteiger partial charge is 0.495 e. The van der Waals surface area contributed by atoms with E-state index < -0.39 is 11.9 Å². The first-order chi connectivity index (χ1) is 8.47. The zero-order chi connectivity index (χ0) is 13.7. The fourth-order valence-electron chi connectivity index (χ4n) is 1.29. The van der Waals surface area contributed by atoms with Gasteiger partial charge >= 0.3 is 5.97 Å². The monoisotopic (exact) mass is 249 g/mol. The molecule has 5 nitrogen and oxygen atoms in total. The second-order valence-electron chi connectivity index (χ2n) is 3.71. The highest BCUT2D eigenvalue weighted by Gasteiger charge is 2.14. The molecule has 1 amide bonds. The minimum absolute atomic E-state index is 0.0161. The van der Waals surface area contributed by atoms with Crippen LogP contribution < -0.4 is 10.1 Å². The Hall–Kier alpha value is -2.30. The summed E-state index contributed by atoms with van der Waals surface area (Å²) in [6.07, 6.45) is 0. The van der Waals surface area contributed by atoms with Crippen molar-refractivity contribution in [3.8, 4) is 5.75 Å². The van der Waals surface area contributed by atoms with E-state index in [0.717, 1.165) is 0 Å². The maximum Gasteiger partial charge on any atom is 0.331 e. The minimum Gasteiger partial charge on any atom is -0.495 e. The Balaban J connectivity index is 2.95. The lowest BCUT2D eigenvalue weighted by atomic mass is 10.1. The molecule has 0 heterocycles. The van der Waals surface area contributed by atoms with Gasteiger partial charge in [-0.25, -0.2) is 4.79 Å². The molecule has 96 valence electrons. The van der Waals surface area contributed by atoms with Crippen molar-refractivity contribution < 1.29 is 19.4 Å². The zero-order valence-electron chi connectivity index (χ0n) is 10.5. The van der Waals surface area contributed by atoms with Crippen LogP contribution in [0.4, 0.5) is 5.69 Å². The summed E-state index contributed by atoms with van der Waals surface area (Å²) in [4.78, 5) is 22.6. The van der Waals surface area contributed by atoms with Gasteiger partial charge in [0.05, 0.1) is 12.8 Å². The van der Waals surface area contributed by atoms with Crippen molar-refractivity contribution in [2.45, 2.75) is 13.8 Å². The fraction of sp³-hybridized carbons (Fsp3) is 0.231. The maximum absolute atomic E-state index is 11.8. The van der Waals surface area contributed by atoms with Crippen LogP contribution in [0.5, 0.6) is 5.75 Å². The molecule has 18 heavy (non-hydrogen) atoms. The molecule has 5 heteroatoms. The van der Waals surface area contributed by atoms with Crippen molar-refractivity contribution in [3.63, 3.8) is 0 Å². The number of rotatable bonds is 4. The number of carboxylic acid groups (broad SMARTS) is 1. The number of benzene rings is 1. The topological polar surface area (TPSA) is 75.6 Å². The van der Waals surface area contributed by atoms with Crippen LogP contribution in [-0.4, -0.2) is 24.1 Å². The van der Waals surface area contributed by atoms with Gasteiger partial charge in [0.1, 0.15) is 5.75 Å². The second kappa shape index (κ2) is 5.86. The third-order valence-corrected chi connectivity index (χ3v) is 2.58. The quantitative estimate of drug-likeness (QED) is 0.801. The van der Waals surface area contributed by atoms with Gasteiger partial charge in [0, 0.05) is 11.1 Å².